The molecule has 0 atom stereocenters. The van der Waals surface area contributed by atoms with Crippen LogP contribution in [-0.2, 0) is 14.3 Å². The molecule has 3 rings (SSSR count). The highest BCUT2D eigenvalue weighted by Crippen LogP contribution is 2.30. The molecule has 0 aliphatic carbocycles. The van der Waals surface area contributed by atoms with E-state index in [2.05, 4.69) is 5.32 Å². The van der Waals surface area contributed by atoms with Gasteiger partial charge in [-0.15, -0.1) is 11.3 Å². The third-order valence-electron chi connectivity index (χ3n) is 4.12. The van der Waals surface area contributed by atoms with E-state index < -0.39 is 47.3 Å². The number of rotatable bonds is 7. The molecule has 2 heterocycles. The number of carbonyl (C=O) groups is 4. The maximum absolute atomic E-state index is 12.4. The number of thiophene rings is 1. The Labute approximate surface area is 172 Å². The molecular formula is C18H12N4O7S. The van der Waals surface area contributed by atoms with Gasteiger partial charge in [0.25, 0.3) is 23.4 Å². The molecule has 0 saturated carbocycles. The van der Waals surface area contributed by atoms with Gasteiger partial charge < -0.3 is 10.1 Å². The Morgan fingerprint density at radius 3 is 2.73 bits per heavy atom. The van der Waals surface area contributed by atoms with Crippen molar-refractivity contribution < 1.29 is 28.8 Å². The predicted octanol–water partition coefficient (Wildman–Crippen LogP) is 1.70. The van der Waals surface area contributed by atoms with Gasteiger partial charge in [-0.3, -0.25) is 34.2 Å². The highest BCUT2D eigenvalue weighted by molar-refractivity contribution is 7.14. The highest BCUT2D eigenvalue weighted by Gasteiger charge is 2.40. The first kappa shape index (κ1) is 20.6. The first-order valence-corrected chi connectivity index (χ1v) is 9.28. The summed E-state index contributed by atoms with van der Waals surface area (Å²) in [6.45, 7) is -0.970. The van der Waals surface area contributed by atoms with Crippen LogP contribution in [0.15, 0.2) is 29.6 Å². The van der Waals surface area contributed by atoms with Gasteiger partial charge in [0.2, 0.25) is 0 Å². The molecule has 1 aliphatic rings. The highest BCUT2D eigenvalue weighted by atomic mass is 32.1. The van der Waals surface area contributed by atoms with Crippen LogP contribution in [0.5, 0.6) is 0 Å². The minimum absolute atomic E-state index is 0.105. The molecule has 1 aromatic carbocycles. The predicted molar refractivity (Wildman–Crippen MR) is 102 cm³/mol. The topological polar surface area (TPSA) is 160 Å². The van der Waals surface area contributed by atoms with E-state index in [4.69, 9.17) is 10.00 Å². The normalized spacial score (nSPS) is 12.3. The van der Waals surface area contributed by atoms with Gasteiger partial charge in [-0.05, 0) is 17.5 Å². The zero-order chi connectivity index (χ0) is 21.8. The van der Waals surface area contributed by atoms with E-state index in [1.807, 2.05) is 6.07 Å². The van der Waals surface area contributed by atoms with Crippen molar-refractivity contribution >= 4 is 45.7 Å². The van der Waals surface area contributed by atoms with Gasteiger partial charge in [0.1, 0.15) is 16.6 Å². The molecule has 30 heavy (non-hydrogen) atoms. The zero-order valence-electron chi connectivity index (χ0n) is 15.1. The molecule has 11 nitrogen and oxygen atoms in total. The van der Waals surface area contributed by atoms with Crippen molar-refractivity contribution in [2.75, 3.05) is 18.5 Å². The van der Waals surface area contributed by atoms with Crippen LogP contribution in [0.2, 0.25) is 0 Å². The number of nitro groups is 1. The number of ether oxygens (including phenoxy) is 1. The summed E-state index contributed by atoms with van der Waals surface area (Å²) < 4.78 is 4.81. The number of hydrogen-bond donors (Lipinski definition) is 1. The summed E-state index contributed by atoms with van der Waals surface area (Å²) in [5, 5.41) is 24.4. The molecule has 0 fully saturated rings. The van der Waals surface area contributed by atoms with Crippen LogP contribution < -0.4 is 5.32 Å². The molecule has 2 aromatic rings. The number of nitrogens with zero attached hydrogens (tertiary/aromatic N) is 3. The number of benzene rings is 1. The number of nitriles is 1. The van der Waals surface area contributed by atoms with E-state index >= 15 is 0 Å². The minimum atomic E-state index is -0.866. The van der Waals surface area contributed by atoms with E-state index in [1.165, 1.54) is 18.2 Å². The number of nitro benzene ring substituents is 1. The molecule has 3 amide bonds. The second-order valence-electron chi connectivity index (χ2n) is 5.95. The molecule has 0 bridgehead atoms. The van der Waals surface area contributed by atoms with E-state index in [-0.39, 0.29) is 23.2 Å². The lowest BCUT2D eigenvalue weighted by Gasteiger charge is -2.13. The number of amides is 3. The molecular weight excluding hydrogens is 416 g/mol. The van der Waals surface area contributed by atoms with Crippen molar-refractivity contribution in [3.05, 3.63) is 56.5 Å². The molecule has 12 heteroatoms. The van der Waals surface area contributed by atoms with Gasteiger partial charge in [-0.25, -0.2) is 0 Å². The Kier molecular flexibility index (Phi) is 5.84. The largest absolute Gasteiger partial charge is 0.456 e. The lowest BCUT2D eigenvalue weighted by Crippen LogP contribution is -2.32. The van der Waals surface area contributed by atoms with E-state index in [0.717, 1.165) is 22.3 Å². The van der Waals surface area contributed by atoms with Crippen molar-refractivity contribution in [1.29, 1.82) is 5.26 Å². The second kappa shape index (κ2) is 8.50. The Morgan fingerprint density at radius 1 is 1.27 bits per heavy atom. The Hall–Kier alpha value is -4.11. The number of nitrogens with one attached hydrogen (secondary N) is 1. The van der Waals surface area contributed by atoms with E-state index in [9.17, 15) is 29.3 Å². The first-order chi connectivity index (χ1) is 14.3. The van der Waals surface area contributed by atoms with E-state index in [0.29, 0.717) is 5.00 Å². The summed E-state index contributed by atoms with van der Waals surface area (Å²) in [6, 6.07) is 7.14. The van der Waals surface area contributed by atoms with Crippen molar-refractivity contribution in [2.45, 2.75) is 6.42 Å². The molecule has 1 aromatic heterocycles. The van der Waals surface area contributed by atoms with Gasteiger partial charge in [-0.2, -0.15) is 5.26 Å². The first-order valence-electron chi connectivity index (χ1n) is 8.40. The number of hydrogen-bond acceptors (Lipinski definition) is 9. The summed E-state index contributed by atoms with van der Waals surface area (Å²) in [5.74, 6) is -3.11. The lowest BCUT2D eigenvalue weighted by atomic mass is 10.1. The van der Waals surface area contributed by atoms with Crippen molar-refractivity contribution in [2.24, 2.45) is 0 Å². The van der Waals surface area contributed by atoms with E-state index in [1.54, 1.807) is 5.38 Å². The fourth-order valence-electron chi connectivity index (χ4n) is 2.75. The van der Waals surface area contributed by atoms with Crippen LogP contribution in [-0.4, -0.2) is 46.7 Å². The summed E-state index contributed by atoms with van der Waals surface area (Å²) in [5.41, 5.74) is -0.631. The Morgan fingerprint density at radius 2 is 2.03 bits per heavy atom. The van der Waals surface area contributed by atoms with Crippen LogP contribution in [0.3, 0.4) is 0 Å². The van der Waals surface area contributed by atoms with Crippen LogP contribution in [0.4, 0.5) is 10.7 Å². The summed E-state index contributed by atoms with van der Waals surface area (Å²) in [7, 11) is 0. The number of imide groups is 1. The summed E-state index contributed by atoms with van der Waals surface area (Å²) in [4.78, 5) is 59.5. The third-order valence-corrected chi connectivity index (χ3v) is 4.95. The van der Waals surface area contributed by atoms with Gasteiger partial charge >= 0.3 is 5.97 Å². The van der Waals surface area contributed by atoms with Gasteiger partial charge in [0.05, 0.1) is 22.5 Å². The van der Waals surface area contributed by atoms with Gasteiger partial charge in [0, 0.05) is 12.6 Å². The Bertz CT molecular complexity index is 1120. The Balaban J connectivity index is 1.54. The van der Waals surface area contributed by atoms with Crippen LogP contribution in [0.25, 0.3) is 0 Å². The average Bonchev–Trinajstić information content (AvgIpc) is 3.27. The molecule has 1 N–H and O–H groups in total. The third kappa shape index (κ3) is 4.01. The second-order valence-corrected chi connectivity index (χ2v) is 6.87. The zero-order valence-corrected chi connectivity index (χ0v) is 15.9. The molecule has 1 aliphatic heterocycles. The fourth-order valence-corrected chi connectivity index (χ4v) is 3.50. The SMILES string of the molecule is N#Cc1ccsc1NC(=O)COC(=O)CCN1C(=O)c2cccc([N+](=O)[O-])c2C1=O. The maximum Gasteiger partial charge on any atom is 0.308 e. The summed E-state index contributed by atoms with van der Waals surface area (Å²) >= 11 is 1.14. The number of esters is 1. The average molecular weight is 428 g/mol. The van der Waals surface area contributed by atoms with Crippen LogP contribution >= 0.6 is 11.3 Å². The van der Waals surface area contributed by atoms with Crippen LogP contribution in [0.1, 0.15) is 32.7 Å². The van der Waals surface area contributed by atoms with Crippen molar-refractivity contribution in [3.8, 4) is 6.07 Å². The standard InChI is InChI=1S/C18H12N4O7S/c19-8-10-5-7-30-16(10)20-13(23)9-29-14(24)4-6-21-17(25)11-2-1-3-12(22(27)28)15(11)18(21)26/h1-3,5,7H,4,6,9H2,(H,20,23). The van der Waals surface area contributed by atoms with Crippen molar-refractivity contribution in [1.82, 2.24) is 4.90 Å². The number of fused-ring (bicyclic) bond motifs is 1. The lowest BCUT2D eigenvalue weighted by molar-refractivity contribution is -0.385. The smallest absolute Gasteiger partial charge is 0.308 e. The minimum Gasteiger partial charge on any atom is -0.456 e. The molecule has 0 radical (unpaired) electrons. The quantitative estimate of drug-likeness (QED) is 0.302. The van der Waals surface area contributed by atoms with Crippen molar-refractivity contribution in [3.63, 3.8) is 0 Å². The van der Waals surface area contributed by atoms with Gasteiger partial charge in [0.15, 0.2) is 6.61 Å². The fraction of sp³-hybridized carbons (Fsp3) is 0.167. The number of carbonyl (C=O) groups excluding carboxylic acids is 4. The van der Waals surface area contributed by atoms with Crippen LogP contribution in [0, 0.1) is 21.4 Å². The monoisotopic (exact) mass is 428 g/mol. The van der Waals surface area contributed by atoms with Gasteiger partial charge in [-0.1, -0.05) is 6.07 Å². The molecule has 0 unspecified atom stereocenters. The summed E-state index contributed by atoms with van der Waals surface area (Å²) in [6.07, 6.45) is -0.394. The molecule has 0 spiro atoms. The number of anilines is 1. The maximum atomic E-state index is 12.4. The molecule has 152 valence electrons. The molecule has 0 saturated heterocycles.